The van der Waals surface area contributed by atoms with Gasteiger partial charge in [0.2, 0.25) is 0 Å². The van der Waals surface area contributed by atoms with E-state index in [0.29, 0.717) is 11.1 Å². The predicted octanol–water partition coefficient (Wildman–Crippen LogP) is 2.29. The summed E-state index contributed by atoms with van der Waals surface area (Å²) in [6.07, 6.45) is 3.95. The maximum atomic E-state index is 10.2. The number of aromatic hydroxyl groups is 4. The maximum Gasteiger partial charge on any atom is 0.119 e. The van der Waals surface area contributed by atoms with Crippen LogP contribution >= 0.6 is 0 Å². The van der Waals surface area contributed by atoms with Gasteiger partial charge >= 0.3 is 0 Å². The summed E-state index contributed by atoms with van der Waals surface area (Å²) in [6.45, 7) is 0. The number of hydrogen-bond donors (Lipinski definition) is 8. The molecule has 7 rings (SSSR count). The van der Waals surface area contributed by atoms with Crippen LogP contribution in [0.25, 0.3) is 23.3 Å². The molecule has 8 N–H and O–H groups in total. The van der Waals surface area contributed by atoms with E-state index in [0.717, 1.165) is 55.3 Å². The molecule has 4 aromatic heterocycles. The Morgan fingerprint density at radius 1 is 0.400 bits per heavy atom. The number of rotatable bonds is 2. The van der Waals surface area contributed by atoms with Crippen LogP contribution in [-0.4, -0.2) is 40.4 Å². The molecule has 0 saturated carbocycles. The zero-order chi connectivity index (χ0) is 27.4. The van der Waals surface area contributed by atoms with Gasteiger partial charge in [-0.2, -0.15) is 0 Å². The Bertz CT molecular complexity index is 1980. The lowest BCUT2D eigenvalue weighted by molar-refractivity contribution is 0.449. The van der Waals surface area contributed by atoms with Gasteiger partial charge in [0, 0.05) is 67.5 Å². The van der Waals surface area contributed by atoms with Crippen molar-refractivity contribution in [2.75, 3.05) is 0 Å². The van der Waals surface area contributed by atoms with Gasteiger partial charge in [-0.1, -0.05) is 0 Å². The van der Waals surface area contributed by atoms with Crippen LogP contribution in [0.3, 0.4) is 0 Å². The first kappa shape index (κ1) is 23.4. The quantitative estimate of drug-likeness (QED) is 0.174. The Balaban J connectivity index is 1.53. The first-order chi connectivity index (χ1) is 19.4. The molecule has 0 fully saturated rings. The zero-order valence-corrected chi connectivity index (χ0v) is 21.0. The Morgan fingerprint density at radius 2 is 0.800 bits per heavy atom. The van der Waals surface area contributed by atoms with E-state index in [1.54, 1.807) is 24.3 Å². The van der Waals surface area contributed by atoms with E-state index in [4.69, 9.17) is 0 Å². The summed E-state index contributed by atoms with van der Waals surface area (Å²) < 4.78 is 0. The number of H-pyrrole nitrogens is 4. The highest BCUT2D eigenvalue weighted by molar-refractivity contribution is 5.80. The van der Waals surface area contributed by atoms with Gasteiger partial charge in [0.25, 0.3) is 0 Å². The Labute approximate surface area is 226 Å². The molecule has 196 valence electrons. The second kappa shape index (κ2) is 8.92. The summed E-state index contributed by atoms with van der Waals surface area (Å²) in [6, 6.07) is 24.7. The highest BCUT2D eigenvalue weighted by Crippen LogP contribution is 2.29. The van der Waals surface area contributed by atoms with Gasteiger partial charge in [0.1, 0.15) is 23.0 Å². The fraction of sp³-hybridized carbons (Fsp3) is 0. The number of benzene rings is 2. The number of hydrogen-bond acceptors (Lipinski definition) is 4. The molecule has 1 aliphatic heterocycles. The highest BCUT2D eigenvalue weighted by atomic mass is 16.3. The fourth-order valence-electron chi connectivity index (χ4n) is 5.29. The van der Waals surface area contributed by atoms with Gasteiger partial charge in [-0.3, -0.25) is 0 Å². The van der Waals surface area contributed by atoms with E-state index in [1.807, 2.05) is 60.7 Å². The number of nitrogens with one attached hydrogen (secondary N) is 4. The Hall–Kier alpha value is -5.76. The summed E-state index contributed by atoms with van der Waals surface area (Å²) in [4.78, 5) is 13.8. The van der Waals surface area contributed by atoms with Crippen LogP contribution in [0.1, 0.15) is 33.9 Å². The molecule has 0 spiro atoms. The third kappa shape index (κ3) is 4.23. The molecule has 0 amide bonds. The lowest BCUT2D eigenvalue weighted by atomic mass is 10.0. The van der Waals surface area contributed by atoms with Crippen LogP contribution in [0, 0.1) is 0 Å². The van der Waals surface area contributed by atoms with Crippen LogP contribution in [0.5, 0.6) is 23.0 Å². The standard InChI is InChI=1S/C32H24N4O4/c37-23-9-17(10-24(38)15-23)31-27-5-1-19(33-27)13-20-2-6-29(34-20)32(18-11-25(39)16-26(40)12-18)30-8-4-22(36-30)14-21-3-7-28(31)35-21/h1-16,33-40H. The Morgan fingerprint density at radius 3 is 1.20 bits per heavy atom. The van der Waals surface area contributed by atoms with Crippen molar-refractivity contribution in [3.8, 4) is 23.0 Å². The minimum Gasteiger partial charge on any atom is -0.508 e. The zero-order valence-electron chi connectivity index (χ0n) is 21.0. The van der Waals surface area contributed by atoms with Gasteiger partial charge in [-0.15, -0.1) is 0 Å². The van der Waals surface area contributed by atoms with Crippen molar-refractivity contribution in [3.63, 3.8) is 0 Å². The topological polar surface area (TPSA) is 144 Å². The van der Waals surface area contributed by atoms with E-state index in [-0.39, 0.29) is 23.0 Å². The van der Waals surface area contributed by atoms with Crippen molar-refractivity contribution in [3.05, 3.63) is 140 Å². The SMILES string of the molecule is Oc1cc(O)cc(C2=c3ccc([nH]3)=Cc3ccc([nH]3)C(c3cc(O)cc(O)c3)=c3ccc([nH]3)=Cc3ccc2[nH]3)c1. The second-order valence-electron chi connectivity index (χ2n) is 9.82. The van der Waals surface area contributed by atoms with Gasteiger partial charge in [0.15, 0.2) is 0 Å². The van der Waals surface area contributed by atoms with Crippen molar-refractivity contribution >= 4 is 23.3 Å². The largest absolute Gasteiger partial charge is 0.508 e. The number of aromatic nitrogens is 4. The number of aromatic amines is 4. The van der Waals surface area contributed by atoms with Crippen molar-refractivity contribution < 1.29 is 20.4 Å². The average Bonchev–Trinajstić information content (AvgIpc) is 3.69. The molecule has 2 aromatic carbocycles. The molecule has 0 radical (unpaired) electrons. The second-order valence-corrected chi connectivity index (χ2v) is 9.82. The summed E-state index contributed by atoms with van der Waals surface area (Å²) >= 11 is 0. The molecule has 0 unspecified atom stereocenters. The van der Waals surface area contributed by atoms with Gasteiger partial charge < -0.3 is 40.4 Å². The molecule has 6 aromatic rings. The van der Waals surface area contributed by atoms with E-state index in [2.05, 4.69) is 19.9 Å². The van der Waals surface area contributed by atoms with Crippen molar-refractivity contribution in [2.24, 2.45) is 0 Å². The minimum absolute atomic E-state index is 0.0312. The molecule has 0 saturated heterocycles. The van der Waals surface area contributed by atoms with Crippen molar-refractivity contribution in [2.45, 2.75) is 0 Å². The molecular formula is C32H24N4O4. The highest BCUT2D eigenvalue weighted by Gasteiger charge is 2.14. The third-order valence-electron chi connectivity index (χ3n) is 6.92. The number of phenolic OH excluding ortho intramolecular Hbond substituents is 4. The van der Waals surface area contributed by atoms with Gasteiger partial charge in [0.05, 0.1) is 0 Å². The fourth-order valence-corrected chi connectivity index (χ4v) is 5.29. The van der Waals surface area contributed by atoms with Gasteiger partial charge in [-0.25, -0.2) is 0 Å². The smallest absolute Gasteiger partial charge is 0.119 e. The van der Waals surface area contributed by atoms with E-state index in [1.165, 1.54) is 12.1 Å². The Kier molecular flexibility index (Phi) is 5.21. The average molecular weight is 529 g/mol. The van der Waals surface area contributed by atoms with E-state index in [9.17, 15) is 20.4 Å². The predicted molar refractivity (Wildman–Crippen MR) is 152 cm³/mol. The van der Waals surface area contributed by atoms with E-state index < -0.39 is 0 Å². The maximum absolute atomic E-state index is 10.2. The lowest BCUT2D eigenvalue weighted by Gasteiger charge is -2.08. The minimum atomic E-state index is -0.0312. The van der Waals surface area contributed by atoms with Crippen molar-refractivity contribution in [1.29, 1.82) is 0 Å². The van der Waals surface area contributed by atoms with E-state index >= 15 is 0 Å². The summed E-state index contributed by atoms with van der Waals surface area (Å²) in [5, 5.41) is 44.1. The molecule has 8 heteroatoms. The van der Waals surface area contributed by atoms with Gasteiger partial charge in [-0.05, 0) is 96.1 Å². The van der Waals surface area contributed by atoms with Crippen LogP contribution in [0.2, 0.25) is 0 Å². The molecule has 1 aliphatic rings. The third-order valence-corrected chi connectivity index (χ3v) is 6.92. The summed E-state index contributed by atoms with van der Waals surface area (Å²) in [5.41, 5.74) is 6.16. The van der Waals surface area contributed by atoms with Crippen LogP contribution in [0.15, 0.2) is 84.9 Å². The van der Waals surface area contributed by atoms with Crippen molar-refractivity contribution in [1.82, 2.24) is 19.9 Å². The molecule has 0 aliphatic carbocycles. The normalized spacial score (nSPS) is 12.7. The molecule has 8 nitrogen and oxygen atoms in total. The summed E-state index contributed by atoms with van der Waals surface area (Å²) in [5.74, 6) is -0.125. The number of phenols is 4. The first-order valence-corrected chi connectivity index (χ1v) is 12.7. The van der Waals surface area contributed by atoms with Crippen LogP contribution < -0.4 is 21.4 Å². The molecular weight excluding hydrogens is 504 g/mol. The van der Waals surface area contributed by atoms with Crippen LogP contribution in [0.4, 0.5) is 0 Å². The summed E-state index contributed by atoms with van der Waals surface area (Å²) in [7, 11) is 0. The lowest BCUT2D eigenvalue weighted by Crippen LogP contribution is -2.15. The monoisotopic (exact) mass is 528 g/mol. The first-order valence-electron chi connectivity index (χ1n) is 12.7. The number of fused-ring (bicyclic) bond motifs is 8. The molecule has 8 bridgehead atoms. The van der Waals surface area contributed by atoms with Crippen LogP contribution in [-0.2, 0) is 0 Å². The molecule has 0 atom stereocenters. The molecule has 5 heterocycles. The molecule has 40 heavy (non-hydrogen) atoms.